The smallest absolute Gasteiger partial charge is 0.367 e. The van der Waals surface area contributed by atoms with Gasteiger partial charge in [0.25, 0.3) is 0 Å². The highest BCUT2D eigenvalue weighted by Crippen LogP contribution is 2.31. The normalized spacial score (nSPS) is 21.0. The maximum Gasteiger partial charge on any atom is 0.415 e. The van der Waals surface area contributed by atoms with Crippen LogP contribution < -0.4 is 5.73 Å². The molecule has 0 aliphatic heterocycles. The third-order valence-corrected chi connectivity index (χ3v) is 1.81. The average Bonchev–Trinajstić information content (AvgIpc) is 2.69. The second-order valence-electron chi connectivity index (χ2n) is 3.04. The molecule has 2 nitrogen and oxygen atoms in total. The summed E-state index contributed by atoms with van der Waals surface area (Å²) in [6.07, 6.45) is -4.13. The zero-order chi connectivity index (χ0) is 9.19. The van der Waals surface area contributed by atoms with Crippen LogP contribution in [0.2, 0.25) is 0 Å². The highest BCUT2D eigenvalue weighted by atomic mass is 19.4. The van der Waals surface area contributed by atoms with Crippen molar-refractivity contribution in [1.29, 1.82) is 0 Å². The maximum atomic E-state index is 12.0. The minimum absolute atomic E-state index is 0.196. The highest BCUT2D eigenvalue weighted by molar-refractivity contribution is 4.75. The van der Waals surface area contributed by atoms with E-state index in [1.165, 1.54) is 0 Å². The number of hydrogen-bond acceptors (Lipinski definition) is 2. The highest BCUT2D eigenvalue weighted by Gasteiger charge is 2.40. The van der Waals surface area contributed by atoms with Gasteiger partial charge in [-0.1, -0.05) is 0 Å². The first-order chi connectivity index (χ1) is 5.54. The predicted molar refractivity (Wildman–Crippen MR) is 37.6 cm³/mol. The zero-order valence-electron chi connectivity index (χ0n) is 6.60. The van der Waals surface area contributed by atoms with E-state index < -0.39 is 18.8 Å². The zero-order valence-corrected chi connectivity index (χ0v) is 6.60. The molecule has 0 spiro atoms. The van der Waals surface area contributed by atoms with Crippen molar-refractivity contribution < 1.29 is 17.9 Å². The third kappa shape index (κ3) is 2.98. The summed E-state index contributed by atoms with van der Waals surface area (Å²) in [6.45, 7) is -0.294. The molecule has 0 heterocycles. The van der Waals surface area contributed by atoms with E-state index >= 15 is 0 Å². The van der Waals surface area contributed by atoms with Crippen LogP contribution >= 0.6 is 0 Å². The Morgan fingerprint density at radius 3 is 2.33 bits per heavy atom. The minimum atomic E-state index is -4.32. The fourth-order valence-corrected chi connectivity index (χ4v) is 0.833. The van der Waals surface area contributed by atoms with Gasteiger partial charge in [0.15, 0.2) is 6.10 Å². The lowest BCUT2D eigenvalue weighted by atomic mass is 10.3. The van der Waals surface area contributed by atoms with Crippen LogP contribution in [-0.4, -0.2) is 25.4 Å². The van der Waals surface area contributed by atoms with Crippen molar-refractivity contribution in [2.75, 3.05) is 13.2 Å². The molecule has 1 aliphatic carbocycles. The number of hydrogen-bond donors (Lipinski definition) is 1. The third-order valence-electron chi connectivity index (χ3n) is 1.81. The van der Waals surface area contributed by atoms with E-state index in [4.69, 9.17) is 5.73 Å². The lowest BCUT2D eigenvalue weighted by Gasteiger charge is -2.18. The molecule has 0 saturated heterocycles. The molecular formula is C7H12F3NO. The maximum absolute atomic E-state index is 12.0. The molecule has 1 rings (SSSR count). The number of alkyl halides is 3. The van der Waals surface area contributed by atoms with E-state index in [-0.39, 0.29) is 6.61 Å². The molecular weight excluding hydrogens is 171 g/mol. The Morgan fingerprint density at radius 2 is 2.00 bits per heavy atom. The SMILES string of the molecule is NC[C@@H](OCC1CC1)C(F)(F)F. The molecule has 0 bridgehead atoms. The molecule has 1 aliphatic rings. The fraction of sp³-hybridized carbons (Fsp3) is 1.00. The molecule has 1 fully saturated rings. The van der Waals surface area contributed by atoms with Gasteiger partial charge in [-0.25, -0.2) is 0 Å². The van der Waals surface area contributed by atoms with Gasteiger partial charge in [-0.2, -0.15) is 13.2 Å². The van der Waals surface area contributed by atoms with E-state index in [0.29, 0.717) is 5.92 Å². The predicted octanol–water partition coefficient (Wildman–Crippen LogP) is 1.30. The second-order valence-corrected chi connectivity index (χ2v) is 3.04. The summed E-state index contributed by atoms with van der Waals surface area (Å²) in [5, 5.41) is 0. The Bertz CT molecular complexity index is 144. The van der Waals surface area contributed by atoms with Crippen LogP contribution in [0.3, 0.4) is 0 Å². The Kier molecular flexibility index (Phi) is 2.95. The van der Waals surface area contributed by atoms with Crippen molar-refractivity contribution in [3.8, 4) is 0 Å². The standard InChI is InChI=1S/C7H12F3NO/c8-7(9,10)6(3-11)12-4-5-1-2-5/h5-6H,1-4,11H2/t6-/m1/s1. The molecule has 0 aromatic carbocycles. The minimum Gasteiger partial charge on any atom is -0.367 e. The van der Waals surface area contributed by atoms with Crippen molar-refractivity contribution in [1.82, 2.24) is 0 Å². The molecule has 1 saturated carbocycles. The van der Waals surface area contributed by atoms with Gasteiger partial charge in [0.05, 0.1) is 6.61 Å². The summed E-state index contributed by atoms with van der Waals surface area (Å²) < 4.78 is 40.6. The van der Waals surface area contributed by atoms with Crippen LogP contribution in [-0.2, 0) is 4.74 Å². The lowest BCUT2D eigenvalue weighted by molar-refractivity contribution is -0.217. The molecule has 0 aromatic heterocycles. The fourth-order valence-electron chi connectivity index (χ4n) is 0.833. The summed E-state index contributed by atoms with van der Waals surface area (Å²) in [4.78, 5) is 0. The van der Waals surface area contributed by atoms with Gasteiger partial charge >= 0.3 is 6.18 Å². The molecule has 0 amide bonds. The van der Waals surface area contributed by atoms with Gasteiger partial charge in [0, 0.05) is 6.54 Å². The van der Waals surface area contributed by atoms with Crippen molar-refractivity contribution in [3.05, 3.63) is 0 Å². The van der Waals surface area contributed by atoms with Crippen molar-refractivity contribution in [2.24, 2.45) is 11.7 Å². The molecule has 2 N–H and O–H groups in total. The van der Waals surface area contributed by atoms with Gasteiger partial charge in [0.1, 0.15) is 0 Å². The first kappa shape index (κ1) is 9.80. The summed E-state index contributed by atoms with van der Waals surface area (Å²) in [7, 11) is 0. The van der Waals surface area contributed by atoms with E-state index in [0.717, 1.165) is 12.8 Å². The van der Waals surface area contributed by atoms with Gasteiger partial charge in [-0.05, 0) is 18.8 Å². The monoisotopic (exact) mass is 183 g/mol. The van der Waals surface area contributed by atoms with Crippen molar-refractivity contribution in [2.45, 2.75) is 25.1 Å². The molecule has 0 radical (unpaired) electrons. The Hall–Kier alpha value is -0.290. The summed E-state index contributed by atoms with van der Waals surface area (Å²) >= 11 is 0. The molecule has 0 aromatic rings. The molecule has 12 heavy (non-hydrogen) atoms. The Balaban J connectivity index is 2.23. The van der Waals surface area contributed by atoms with Crippen molar-refractivity contribution >= 4 is 0 Å². The topological polar surface area (TPSA) is 35.2 Å². The van der Waals surface area contributed by atoms with E-state index in [2.05, 4.69) is 4.74 Å². The molecule has 72 valence electrons. The summed E-state index contributed by atoms with van der Waals surface area (Å²) in [6, 6.07) is 0. The van der Waals surface area contributed by atoms with Crippen LogP contribution in [0.4, 0.5) is 13.2 Å². The van der Waals surface area contributed by atoms with Crippen LogP contribution in [0, 0.1) is 5.92 Å². The first-order valence-corrected chi connectivity index (χ1v) is 3.92. The van der Waals surface area contributed by atoms with Crippen LogP contribution in [0.15, 0.2) is 0 Å². The Labute approximate surface area is 68.9 Å². The number of rotatable bonds is 4. The second kappa shape index (κ2) is 3.62. The van der Waals surface area contributed by atoms with Crippen LogP contribution in [0.25, 0.3) is 0 Å². The van der Waals surface area contributed by atoms with Gasteiger partial charge in [0.2, 0.25) is 0 Å². The average molecular weight is 183 g/mol. The van der Waals surface area contributed by atoms with Gasteiger partial charge < -0.3 is 10.5 Å². The number of halogens is 3. The Morgan fingerprint density at radius 1 is 1.42 bits per heavy atom. The van der Waals surface area contributed by atoms with Gasteiger partial charge in [-0.3, -0.25) is 0 Å². The molecule has 1 atom stereocenters. The van der Waals surface area contributed by atoms with Crippen molar-refractivity contribution in [3.63, 3.8) is 0 Å². The molecule has 0 unspecified atom stereocenters. The first-order valence-electron chi connectivity index (χ1n) is 3.92. The van der Waals surface area contributed by atoms with E-state index in [9.17, 15) is 13.2 Å². The quantitative estimate of drug-likeness (QED) is 0.713. The summed E-state index contributed by atoms with van der Waals surface area (Å²) in [5.74, 6) is 0.335. The number of ether oxygens (including phenoxy) is 1. The number of nitrogens with two attached hydrogens (primary N) is 1. The summed E-state index contributed by atoms with van der Waals surface area (Å²) in [5.41, 5.74) is 4.92. The van der Waals surface area contributed by atoms with E-state index in [1.54, 1.807) is 0 Å². The lowest BCUT2D eigenvalue weighted by Crippen LogP contribution is -2.38. The molecule has 5 heteroatoms. The van der Waals surface area contributed by atoms with E-state index in [1.807, 2.05) is 0 Å². The van der Waals surface area contributed by atoms with Crippen LogP contribution in [0.1, 0.15) is 12.8 Å². The van der Waals surface area contributed by atoms with Gasteiger partial charge in [-0.15, -0.1) is 0 Å². The van der Waals surface area contributed by atoms with Crippen LogP contribution in [0.5, 0.6) is 0 Å². The largest absolute Gasteiger partial charge is 0.415 e.